The molecule has 96 valence electrons. The van der Waals surface area contributed by atoms with Gasteiger partial charge in [0, 0.05) is 5.54 Å². The van der Waals surface area contributed by atoms with E-state index in [-0.39, 0.29) is 5.54 Å². The molecule has 0 saturated carbocycles. The first-order valence-corrected chi connectivity index (χ1v) is 5.34. The fourth-order valence-electron chi connectivity index (χ4n) is 1.78. The van der Waals surface area contributed by atoms with Crippen molar-refractivity contribution in [2.75, 3.05) is 6.61 Å². The van der Waals surface area contributed by atoms with E-state index in [2.05, 4.69) is 5.32 Å². The van der Waals surface area contributed by atoms with Crippen LogP contribution in [0.5, 0.6) is 0 Å². The Bertz CT molecular complexity index is 230. The number of hydrogen-bond acceptors (Lipinski definition) is 6. The van der Waals surface area contributed by atoms with E-state index < -0.39 is 37.3 Å². The van der Waals surface area contributed by atoms with Crippen molar-refractivity contribution in [3.05, 3.63) is 0 Å². The van der Waals surface area contributed by atoms with Crippen molar-refractivity contribution in [3.8, 4) is 0 Å². The van der Waals surface area contributed by atoms with Gasteiger partial charge in [-0.05, 0) is 20.8 Å². The average Bonchev–Trinajstić information content (AvgIpc) is 2.42. The van der Waals surface area contributed by atoms with Crippen molar-refractivity contribution in [3.63, 3.8) is 0 Å². The van der Waals surface area contributed by atoms with Gasteiger partial charge in [-0.1, -0.05) is 0 Å². The maximum atomic E-state index is 9.87. The Morgan fingerprint density at radius 2 is 1.88 bits per heavy atom. The molecular weight excluding hydrogens is 214 g/mol. The van der Waals surface area contributed by atoms with Crippen molar-refractivity contribution >= 4 is 0 Å². The molecule has 6 nitrogen and oxygen atoms in total. The minimum absolute atomic E-state index is 0.297. The predicted octanol–water partition coefficient (Wildman–Crippen LogP) is -1.83. The van der Waals surface area contributed by atoms with E-state index in [1.54, 1.807) is 0 Å². The molecule has 2 unspecified atom stereocenters. The Morgan fingerprint density at radius 1 is 1.31 bits per heavy atom. The molecule has 1 aliphatic rings. The van der Waals surface area contributed by atoms with Gasteiger partial charge in [0.1, 0.15) is 18.3 Å². The largest absolute Gasteiger partial charge is 0.394 e. The Morgan fingerprint density at radius 3 is 2.31 bits per heavy atom. The van der Waals surface area contributed by atoms with E-state index in [9.17, 15) is 15.3 Å². The third-order valence-electron chi connectivity index (χ3n) is 2.47. The third kappa shape index (κ3) is 3.13. The van der Waals surface area contributed by atoms with Crippen LogP contribution in [0.3, 0.4) is 0 Å². The van der Waals surface area contributed by atoms with Gasteiger partial charge in [0.25, 0.3) is 0 Å². The lowest BCUT2D eigenvalue weighted by Crippen LogP contribution is -2.53. The van der Waals surface area contributed by atoms with E-state index >= 15 is 0 Å². The third-order valence-corrected chi connectivity index (χ3v) is 2.47. The molecule has 1 aliphatic heterocycles. The Hall–Kier alpha value is -0.240. The second-order valence-electron chi connectivity index (χ2n) is 5.15. The van der Waals surface area contributed by atoms with Gasteiger partial charge < -0.3 is 30.5 Å². The monoisotopic (exact) mass is 235 g/mol. The van der Waals surface area contributed by atoms with Crippen molar-refractivity contribution in [1.29, 1.82) is 0 Å². The van der Waals surface area contributed by atoms with Crippen LogP contribution < -0.4 is 5.32 Å². The van der Waals surface area contributed by atoms with Crippen molar-refractivity contribution in [2.45, 2.75) is 57.0 Å². The quantitative estimate of drug-likeness (QED) is 0.394. The van der Waals surface area contributed by atoms with Gasteiger partial charge >= 0.3 is 0 Å². The zero-order chi connectivity index (χ0) is 12.5. The molecule has 0 aromatic carbocycles. The van der Waals surface area contributed by atoms with Gasteiger partial charge in [-0.2, -0.15) is 0 Å². The first kappa shape index (κ1) is 13.8. The van der Waals surface area contributed by atoms with E-state index in [1.807, 2.05) is 20.8 Å². The Balaban J connectivity index is 2.67. The van der Waals surface area contributed by atoms with Gasteiger partial charge in [-0.15, -0.1) is 0 Å². The molecule has 0 bridgehead atoms. The van der Waals surface area contributed by atoms with Gasteiger partial charge in [0.05, 0.1) is 12.6 Å². The zero-order valence-corrected chi connectivity index (χ0v) is 9.79. The number of hydrogen-bond donors (Lipinski definition) is 5. The zero-order valence-electron chi connectivity index (χ0n) is 9.79. The number of rotatable bonds is 3. The summed E-state index contributed by atoms with van der Waals surface area (Å²) in [7, 11) is 0. The Labute approximate surface area is 94.9 Å². The molecule has 1 saturated heterocycles. The van der Waals surface area contributed by atoms with E-state index in [4.69, 9.17) is 9.84 Å². The molecule has 1 rings (SSSR count). The fraction of sp³-hybridized carbons (Fsp3) is 1.00. The van der Waals surface area contributed by atoms with Crippen LogP contribution in [0, 0.1) is 0 Å². The minimum Gasteiger partial charge on any atom is -0.394 e. The summed E-state index contributed by atoms with van der Waals surface area (Å²) in [6, 6.07) is -0.675. The smallest absolute Gasteiger partial charge is 0.173 e. The highest BCUT2D eigenvalue weighted by atomic mass is 16.6. The highest BCUT2D eigenvalue weighted by Gasteiger charge is 2.46. The maximum Gasteiger partial charge on any atom is 0.173 e. The van der Waals surface area contributed by atoms with Gasteiger partial charge in [-0.25, -0.2) is 0 Å². The molecule has 1 heterocycles. The van der Waals surface area contributed by atoms with E-state index in [0.717, 1.165) is 0 Å². The highest BCUT2D eigenvalue weighted by molar-refractivity contribution is 4.96. The Kier molecular flexibility index (Phi) is 4.28. The van der Waals surface area contributed by atoms with Crippen LogP contribution in [0.15, 0.2) is 0 Å². The molecule has 0 aromatic heterocycles. The molecule has 0 aliphatic carbocycles. The molecule has 16 heavy (non-hydrogen) atoms. The maximum absolute atomic E-state index is 9.87. The summed E-state index contributed by atoms with van der Waals surface area (Å²) < 4.78 is 5.02. The highest BCUT2D eigenvalue weighted by Crippen LogP contribution is 2.23. The molecule has 6 heteroatoms. The summed E-state index contributed by atoms with van der Waals surface area (Å²) in [5, 5.41) is 40.6. The molecule has 5 atom stereocenters. The standard InChI is InChI=1S/C10H21NO5/c1-10(2,3)11-6-7(14)8(5(13)4-12)16-9(6)15/h5-9,11-15H,4H2,1-3H3/t5-,6+,7-,8?,9?/m1/s1. The van der Waals surface area contributed by atoms with Crippen LogP contribution in [0.4, 0.5) is 0 Å². The molecule has 0 amide bonds. The van der Waals surface area contributed by atoms with Crippen molar-refractivity contribution in [1.82, 2.24) is 5.32 Å². The summed E-state index contributed by atoms with van der Waals surface area (Å²) in [5.41, 5.74) is -0.297. The molecule has 0 spiro atoms. The topological polar surface area (TPSA) is 102 Å². The lowest BCUT2D eigenvalue weighted by Gasteiger charge is -2.29. The number of ether oxygens (including phenoxy) is 1. The number of aliphatic hydroxyl groups excluding tert-OH is 4. The van der Waals surface area contributed by atoms with Gasteiger partial charge in [0.15, 0.2) is 6.29 Å². The first-order chi connectivity index (χ1) is 7.26. The molecule has 1 fully saturated rings. The fourth-order valence-corrected chi connectivity index (χ4v) is 1.78. The van der Waals surface area contributed by atoms with E-state index in [0.29, 0.717) is 0 Å². The summed E-state index contributed by atoms with van der Waals surface area (Å²) in [5.74, 6) is 0. The second kappa shape index (κ2) is 4.95. The molecule has 5 N–H and O–H groups in total. The summed E-state index contributed by atoms with van der Waals surface area (Å²) >= 11 is 0. The molecule has 0 aromatic rings. The first-order valence-electron chi connectivity index (χ1n) is 5.34. The SMILES string of the molecule is CC(C)(C)N[C@@H]1C(O)OC([C@H](O)CO)[C@@H]1O. The van der Waals surface area contributed by atoms with Gasteiger partial charge in [0.2, 0.25) is 0 Å². The van der Waals surface area contributed by atoms with Gasteiger partial charge in [-0.3, -0.25) is 0 Å². The molecular formula is C10H21NO5. The normalized spacial score (nSPS) is 37.7. The lowest BCUT2D eigenvalue weighted by atomic mass is 10.0. The number of aliphatic hydroxyl groups is 4. The van der Waals surface area contributed by atoms with Crippen LogP contribution in [-0.4, -0.2) is 63.2 Å². The van der Waals surface area contributed by atoms with Crippen LogP contribution in [-0.2, 0) is 4.74 Å². The van der Waals surface area contributed by atoms with E-state index in [1.165, 1.54) is 0 Å². The van der Waals surface area contributed by atoms with Crippen molar-refractivity contribution < 1.29 is 25.2 Å². The number of nitrogens with one attached hydrogen (secondary N) is 1. The molecule has 0 radical (unpaired) electrons. The van der Waals surface area contributed by atoms with Crippen LogP contribution in [0.2, 0.25) is 0 Å². The van der Waals surface area contributed by atoms with Crippen molar-refractivity contribution in [2.24, 2.45) is 0 Å². The summed E-state index contributed by atoms with van der Waals surface area (Å²) in [6.07, 6.45) is -4.42. The van der Waals surface area contributed by atoms with Crippen LogP contribution in [0.1, 0.15) is 20.8 Å². The second-order valence-corrected chi connectivity index (χ2v) is 5.15. The van der Waals surface area contributed by atoms with Crippen LogP contribution >= 0.6 is 0 Å². The summed E-state index contributed by atoms with van der Waals surface area (Å²) in [6.45, 7) is 5.16. The average molecular weight is 235 g/mol. The summed E-state index contributed by atoms with van der Waals surface area (Å²) in [4.78, 5) is 0. The minimum atomic E-state index is -1.20. The predicted molar refractivity (Wildman–Crippen MR) is 56.7 cm³/mol. The van der Waals surface area contributed by atoms with Crippen LogP contribution in [0.25, 0.3) is 0 Å². The lowest BCUT2D eigenvalue weighted by molar-refractivity contribution is -0.140.